The van der Waals surface area contributed by atoms with Crippen molar-refractivity contribution in [3.05, 3.63) is 60.1 Å². The molecular weight excluding hydrogens is 348 g/mol. The number of rotatable bonds is 5. The molecule has 0 aliphatic heterocycles. The van der Waals surface area contributed by atoms with E-state index in [2.05, 4.69) is 20.3 Å². The van der Waals surface area contributed by atoms with Crippen molar-refractivity contribution in [1.82, 2.24) is 24.8 Å². The Morgan fingerprint density at radius 2 is 2.00 bits per heavy atom. The number of aromatic nitrogens is 4. The number of imidazole rings is 1. The molecule has 0 unspecified atom stereocenters. The number of nitrogens with one attached hydrogen (secondary N) is 1. The number of carbonyl (C=O) groups excluding carboxylic acids is 2. The zero-order valence-electron chi connectivity index (χ0n) is 14.8. The number of hydrogen-bond acceptors (Lipinski definition) is 7. The van der Waals surface area contributed by atoms with E-state index in [-0.39, 0.29) is 17.9 Å². The van der Waals surface area contributed by atoms with Gasteiger partial charge in [0, 0.05) is 25.6 Å². The number of carbonyl (C=O) groups is 2. The highest BCUT2D eigenvalue weighted by Crippen LogP contribution is 2.20. The van der Waals surface area contributed by atoms with Gasteiger partial charge in [-0.25, -0.2) is 19.7 Å². The average Bonchev–Trinajstić information content (AvgIpc) is 3.03. The van der Waals surface area contributed by atoms with Crippen molar-refractivity contribution in [2.24, 2.45) is 12.8 Å². The average molecular weight is 366 g/mol. The number of ether oxygens (including phenoxy) is 1. The van der Waals surface area contributed by atoms with Crippen molar-refractivity contribution in [1.29, 1.82) is 0 Å². The predicted molar refractivity (Wildman–Crippen MR) is 98.1 cm³/mol. The van der Waals surface area contributed by atoms with E-state index in [1.165, 1.54) is 19.5 Å². The summed E-state index contributed by atoms with van der Waals surface area (Å²) in [6.45, 7) is 0.134. The van der Waals surface area contributed by atoms with Gasteiger partial charge in [0.2, 0.25) is 0 Å². The van der Waals surface area contributed by atoms with Crippen LogP contribution in [0.5, 0.6) is 0 Å². The normalized spacial score (nSPS) is 11.4. The molecule has 138 valence electrons. The van der Waals surface area contributed by atoms with Gasteiger partial charge in [0.25, 0.3) is 5.91 Å². The fourth-order valence-corrected chi connectivity index (χ4v) is 2.64. The molecular formula is C18H18N6O3. The number of benzene rings is 1. The number of hydrogen-bond donors (Lipinski definition) is 2. The molecule has 2 aromatic heterocycles. The lowest BCUT2D eigenvalue weighted by Crippen LogP contribution is -2.26. The Morgan fingerprint density at radius 1 is 1.26 bits per heavy atom. The fourth-order valence-electron chi connectivity index (χ4n) is 2.64. The number of methoxy groups -OCH3 is 1. The summed E-state index contributed by atoms with van der Waals surface area (Å²) in [5.74, 6) is -0.0941. The van der Waals surface area contributed by atoms with E-state index in [4.69, 9.17) is 10.5 Å². The summed E-state index contributed by atoms with van der Waals surface area (Å²) in [7, 11) is 3.12. The van der Waals surface area contributed by atoms with E-state index in [0.29, 0.717) is 16.9 Å². The van der Waals surface area contributed by atoms with Crippen molar-refractivity contribution >= 4 is 28.5 Å². The number of amides is 1. The second-order valence-corrected chi connectivity index (χ2v) is 5.59. The van der Waals surface area contributed by atoms with Gasteiger partial charge in [-0.2, -0.15) is 0 Å². The lowest BCUT2D eigenvalue weighted by molar-refractivity contribution is -0.115. The second-order valence-electron chi connectivity index (χ2n) is 5.59. The van der Waals surface area contributed by atoms with Crippen LogP contribution in [0.4, 0.5) is 0 Å². The van der Waals surface area contributed by atoms with Crippen molar-refractivity contribution in [2.45, 2.75) is 6.54 Å². The van der Waals surface area contributed by atoms with Gasteiger partial charge in [-0.05, 0) is 18.2 Å². The molecule has 9 heteroatoms. The summed E-state index contributed by atoms with van der Waals surface area (Å²) < 4.78 is 6.59. The van der Waals surface area contributed by atoms with Gasteiger partial charge in [-0.15, -0.1) is 0 Å². The van der Waals surface area contributed by atoms with Crippen molar-refractivity contribution in [2.75, 3.05) is 7.11 Å². The van der Waals surface area contributed by atoms with E-state index < -0.39 is 11.9 Å². The highest BCUT2D eigenvalue weighted by atomic mass is 16.5. The molecule has 0 fully saturated rings. The Morgan fingerprint density at radius 3 is 2.67 bits per heavy atom. The predicted octanol–water partition coefficient (Wildman–Crippen LogP) is 0.766. The molecule has 0 aliphatic rings. The van der Waals surface area contributed by atoms with Crippen LogP contribution in [-0.2, 0) is 23.1 Å². The summed E-state index contributed by atoms with van der Waals surface area (Å²) in [5.41, 5.74) is 7.34. The molecule has 0 bridgehead atoms. The maximum absolute atomic E-state index is 12.4. The van der Waals surface area contributed by atoms with Crippen LogP contribution < -0.4 is 11.1 Å². The second kappa shape index (κ2) is 7.65. The molecule has 3 aromatic rings. The van der Waals surface area contributed by atoms with E-state index in [9.17, 15) is 9.59 Å². The Kier molecular flexibility index (Phi) is 5.11. The Labute approximate surface area is 154 Å². The van der Waals surface area contributed by atoms with Gasteiger partial charge in [-0.1, -0.05) is 6.07 Å². The van der Waals surface area contributed by atoms with Gasteiger partial charge >= 0.3 is 5.97 Å². The first-order valence-electron chi connectivity index (χ1n) is 8.07. The number of para-hydroxylation sites is 1. The minimum absolute atomic E-state index is 0.134. The molecule has 3 rings (SSSR count). The standard InChI is InChI=1S/C18H18N6O3/c1-24-13-6-3-5-11(18(26)27-2)15(13)23-14(24)10-22-17(25)12(9-19)16-20-7-4-8-21-16/h3-9H,10,19H2,1-2H3,(H,22,25)/b12-9+. The molecule has 0 saturated carbocycles. The molecule has 3 N–H and O–H groups in total. The molecule has 9 nitrogen and oxygen atoms in total. The molecule has 0 spiro atoms. The molecule has 2 heterocycles. The zero-order chi connectivity index (χ0) is 19.4. The summed E-state index contributed by atoms with van der Waals surface area (Å²) in [6, 6.07) is 6.88. The van der Waals surface area contributed by atoms with Crippen molar-refractivity contribution in [3.63, 3.8) is 0 Å². The number of nitrogens with zero attached hydrogens (tertiary/aromatic N) is 4. The third-order valence-electron chi connectivity index (χ3n) is 4.03. The van der Waals surface area contributed by atoms with Gasteiger partial charge in [-0.3, -0.25) is 4.79 Å². The lowest BCUT2D eigenvalue weighted by Gasteiger charge is -2.07. The molecule has 0 radical (unpaired) electrons. The Balaban J connectivity index is 1.84. The molecule has 1 amide bonds. The number of nitrogens with two attached hydrogens (primary N) is 1. The zero-order valence-corrected chi connectivity index (χ0v) is 14.8. The third kappa shape index (κ3) is 3.47. The van der Waals surface area contributed by atoms with Gasteiger partial charge in [0.15, 0.2) is 5.82 Å². The quantitative estimate of drug-likeness (QED) is 0.504. The van der Waals surface area contributed by atoms with Gasteiger partial charge < -0.3 is 20.4 Å². The molecule has 27 heavy (non-hydrogen) atoms. The summed E-state index contributed by atoms with van der Waals surface area (Å²) in [5, 5.41) is 2.75. The van der Waals surface area contributed by atoms with Crippen molar-refractivity contribution < 1.29 is 14.3 Å². The molecule has 1 aromatic carbocycles. The largest absolute Gasteiger partial charge is 0.465 e. The van der Waals surface area contributed by atoms with Gasteiger partial charge in [0.1, 0.15) is 11.3 Å². The van der Waals surface area contributed by atoms with Crippen LogP contribution in [-0.4, -0.2) is 38.5 Å². The maximum Gasteiger partial charge on any atom is 0.340 e. The fraction of sp³-hybridized carbons (Fsp3) is 0.167. The van der Waals surface area contributed by atoms with E-state index in [1.807, 2.05) is 6.07 Å². The first-order chi connectivity index (χ1) is 13.1. The highest BCUT2D eigenvalue weighted by molar-refractivity contribution is 6.18. The van der Waals surface area contributed by atoms with Crippen LogP contribution in [0.15, 0.2) is 42.9 Å². The first-order valence-corrected chi connectivity index (χ1v) is 8.07. The molecule has 0 atom stereocenters. The summed E-state index contributed by atoms with van der Waals surface area (Å²) >= 11 is 0. The van der Waals surface area contributed by atoms with E-state index in [1.54, 1.807) is 29.8 Å². The Bertz CT molecular complexity index is 1030. The highest BCUT2D eigenvalue weighted by Gasteiger charge is 2.18. The van der Waals surface area contributed by atoms with Crippen molar-refractivity contribution in [3.8, 4) is 0 Å². The number of esters is 1. The van der Waals surface area contributed by atoms with Crippen LogP contribution in [0.1, 0.15) is 22.0 Å². The van der Waals surface area contributed by atoms with Crippen LogP contribution in [0.25, 0.3) is 16.6 Å². The van der Waals surface area contributed by atoms with Crippen LogP contribution in [0, 0.1) is 0 Å². The first kappa shape index (κ1) is 18.1. The van der Waals surface area contributed by atoms with E-state index >= 15 is 0 Å². The van der Waals surface area contributed by atoms with Crippen LogP contribution in [0.2, 0.25) is 0 Å². The maximum atomic E-state index is 12.4. The summed E-state index contributed by atoms with van der Waals surface area (Å²) in [6.07, 6.45) is 4.22. The topological polar surface area (TPSA) is 125 Å². The SMILES string of the molecule is COC(=O)c1cccc2c1nc(CNC(=O)/C(=C/N)c1ncccn1)n2C. The van der Waals surface area contributed by atoms with Gasteiger partial charge in [0.05, 0.1) is 30.3 Å². The molecule has 0 saturated heterocycles. The number of aryl methyl sites for hydroxylation is 1. The third-order valence-corrected chi connectivity index (χ3v) is 4.03. The minimum atomic E-state index is -0.469. The monoisotopic (exact) mass is 366 g/mol. The Hall–Kier alpha value is -3.75. The van der Waals surface area contributed by atoms with Crippen LogP contribution in [0.3, 0.4) is 0 Å². The summed E-state index contributed by atoms with van der Waals surface area (Å²) in [4.78, 5) is 36.9. The lowest BCUT2D eigenvalue weighted by atomic mass is 10.2. The van der Waals surface area contributed by atoms with Crippen LogP contribution >= 0.6 is 0 Å². The van der Waals surface area contributed by atoms with E-state index in [0.717, 1.165) is 11.7 Å². The molecule has 0 aliphatic carbocycles. The minimum Gasteiger partial charge on any atom is -0.465 e. The smallest absolute Gasteiger partial charge is 0.340 e. The number of fused-ring (bicyclic) bond motifs is 1.